The largest absolute Gasteiger partial charge is 0.460 e. The quantitative estimate of drug-likeness (QED) is 0.199. The van der Waals surface area contributed by atoms with Crippen LogP contribution < -0.4 is 0 Å². The van der Waals surface area contributed by atoms with Crippen LogP contribution >= 0.6 is 0 Å². The molecule has 7 nitrogen and oxygen atoms in total. The fraction of sp³-hybridized carbons (Fsp3) is 0.567. The lowest BCUT2D eigenvalue weighted by atomic mass is 9.90. The van der Waals surface area contributed by atoms with Gasteiger partial charge >= 0.3 is 5.97 Å². The molecule has 1 aliphatic carbocycles. The van der Waals surface area contributed by atoms with Crippen molar-refractivity contribution in [1.82, 2.24) is 15.4 Å². The van der Waals surface area contributed by atoms with Crippen LogP contribution in [-0.2, 0) is 27.3 Å². The predicted molar refractivity (Wildman–Crippen MR) is 143 cm³/mol. The Kier molecular flexibility index (Phi) is 8.85. The van der Waals surface area contributed by atoms with Gasteiger partial charge in [0.2, 0.25) is 0 Å². The Balaban J connectivity index is 1.50. The van der Waals surface area contributed by atoms with Crippen LogP contribution in [0.4, 0.5) is 0 Å². The molecule has 2 aromatic heterocycles. The molecular formula is C30H41N3O4. The summed E-state index contributed by atoms with van der Waals surface area (Å²) in [6.07, 6.45) is 4.97. The monoisotopic (exact) mass is 507 g/mol. The van der Waals surface area contributed by atoms with Gasteiger partial charge in [0.25, 0.3) is 0 Å². The number of H-pyrrole nitrogens is 1. The third-order valence-electron chi connectivity index (χ3n) is 6.41. The minimum absolute atomic E-state index is 0.0997. The van der Waals surface area contributed by atoms with E-state index < -0.39 is 5.60 Å². The molecule has 3 aromatic rings. The number of esters is 1. The van der Waals surface area contributed by atoms with Gasteiger partial charge in [0.05, 0.1) is 18.7 Å². The lowest BCUT2D eigenvalue weighted by Gasteiger charge is -2.22. The van der Waals surface area contributed by atoms with Crippen LogP contribution in [0.1, 0.15) is 101 Å². The molecule has 37 heavy (non-hydrogen) atoms. The van der Waals surface area contributed by atoms with Crippen molar-refractivity contribution in [2.75, 3.05) is 6.61 Å². The van der Waals surface area contributed by atoms with Gasteiger partial charge in [-0.15, -0.1) is 0 Å². The number of ether oxygens (including phenoxy) is 2. The number of hydrogen-bond donors (Lipinski definition) is 1. The second-order valence-corrected chi connectivity index (χ2v) is 11.6. The topological polar surface area (TPSA) is 90.2 Å². The van der Waals surface area contributed by atoms with E-state index in [1.807, 2.05) is 39.0 Å². The molecular weight excluding hydrogens is 466 g/mol. The zero-order chi connectivity index (χ0) is 26.4. The third-order valence-corrected chi connectivity index (χ3v) is 6.41. The Hall–Kier alpha value is -2.93. The Labute approximate surface area is 220 Å². The van der Waals surface area contributed by atoms with E-state index in [0.29, 0.717) is 25.0 Å². The molecule has 1 fully saturated rings. The van der Waals surface area contributed by atoms with Crippen molar-refractivity contribution in [2.24, 2.45) is 5.92 Å². The molecule has 0 unspecified atom stereocenters. The van der Waals surface area contributed by atoms with Gasteiger partial charge in [-0.3, -0.25) is 9.89 Å². The Morgan fingerprint density at radius 1 is 1.19 bits per heavy atom. The van der Waals surface area contributed by atoms with Gasteiger partial charge in [-0.2, -0.15) is 5.10 Å². The molecule has 1 saturated carbocycles. The highest BCUT2D eigenvalue weighted by Crippen LogP contribution is 2.48. The molecule has 0 spiro atoms. The first-order valence-corrected chi connectivity index (χ1v) is 13.6. The minimum atomic E-state index is -0.531. The number of nitrogens with one attached hydrogen (secondary N) is 1. The van der Waals surface area contributed by atoms with Crippen LogP contribution in [0.25, 0.3) is 11.5 Å². The fourth-order valence-electron chi connectivity index (χ4n) is 4.69. The molecule has 1 aromatic carbocycles. The van der Waals surface area contributed by atoms with Crippen molar-refractivity contribution in [3.63, 3.8) is 0 Å². The van der Waals surface area contributed by atoms with Crippen molar-refractivity contribution in [2.45, 2.75) is 97.2 Å². The van der Waals surface area contributed by atoms with E-state index in [0.717, 1.165) is 66.1 Å². The van der Waals surface area contributed by atoms with Crippen molar-refractivity contribution in [3.05, 3.63) is 58.9 Å². The van der Waals surface area contributed by atoms with Crippen LogP contribution in [0, 0.1) is 5.92 Å². The normalized spacial score (nSPS) is 14.8. The van der Waals surface area contributed by atoms with Crippen LogP contribution in [0.5, 0.6) is 0 Å². The second kappa shape index (κ2) is 12.1. The summed E-state index contributed by atoms with van der Waals surface area (Å²) in [5.41, 5.74) is 4.49. The number of rotatable bonds is 13. The number of carbonyl (C=O) groups excluding carboxylic acids is 1. The first kappa shape index (κ1) is 27.1. The highest BCUT2D eigenvalue weighted by molar-refractivity contribution is 5.71. The molecule has 1 atom stereocenters. The Bertz CT molecular complexity index is 1140. The van der Waals surface area contributed by atoms with Gasteiger partial charge in [-0.05, 0) is 76.3 Å². The molecule has 200 valence electrons. The van der Waals surface area contributed by atoms with E-state index in [2.05, 4.69) is 47.4 Å². The van der Waals surface area contributed by atoms with Crippen molar-refractivity contribution < 1.29 is 18.8 Å². The van der Waals surface area contributed by atoms with Crippen LogP contribution in [0.2, 0.25) is 0 Å². The van der Waals surface area contributed by atoms with E-state index in [1.165, 1.54) is 0 Å². The average molecular weight is 508 g/mol. The smallest absolute Gasteiger partial charge is 0.306 e. The molecule has 0 amide bonds. The van der Waals surface area contributed by atoms with Gasteiger partial charge in [-0.1, -0.05) is 49.3 Å². The molecule has 1 aliphatic rings. The first-order valence-electron chi connectivity index (χ1n) is 13.6. The summed E-state index contributed by atoms with van der Waals surface area (Å²) in [4.78, 5) is 12.9. The molecule has 4 rings (SSSR count). The summed E-state index contributed by atoms with van der Waals surface area (Å²) in [6.45, 7) is 11.3. The van der Waals surface area contributed by atoms with Gasteiger partial charge in [0.15, 0.2) is 5.76 Å². The first-order chi connectivity index (χ1) is 17.7. The standard InChI is InChI=1S/C30H41N3O4/c1-20(2)16-24-18-25(32-31-24)29-27(22-13-14-22)28(33-37-29)23(17-26(34)36-30(3,4)5)12-9-15-35-19-21-10-7-6-8-11-21/h6-8,10-11,18,20,22-23H,9,12-17,19H2,1-5H3,(H,31,32)/t23-/m0/s1. The number of aromatic nitrogens is 3. The zero-order valence-corrected chi connectivity index (χ0v) is 22.9. The van der Waals surface area contributed by atoms with Crippen molar-refractivity contribution >= 4 is 5.97 Å². The van der Waals surface area contributed by atoms with Gasteiger partial charge in [0.1, 0.15) is 11.3 Å². The zero-order valence-electron chi connectivity index (χ0n) is 22.9. The summed E-state index contributed by atoms with van der Waals surface area (Å²) < 4.78 is 17.5. The number of carbonyl (C=O) groups is 1. The lowest BCUT2D eigenvalue weighted by Crippen LogP contribution is -2.25. The number of hydrogen-bond acceptors (Lipinski definition) is 6. The third kappa shape index (κ3) is 8.03. The Morgan fingerprint density at radius 2 is 1.95 bits per heavy atom. The van der Waals surface area contributed by atoms with E-state index in [-0.39, 0.29) is 18.3 Å². The van der Waals surface area contributed by atoms with Crippen LogP contribution in [-0.4, -0.2) is 33.5 Å². The summed E-state index contributed by atoms with van der Waals surface area (Å²) in [5.74, 6) is 1.35. The maximum atomic E-state index is 12.9. The van der Waals surface area contributed by atoms with Gasteiger partial charge in [0, 0.05) is 23.8 Å². The second-order valence-electron chi connectivity index (χ2n) is 11.6. The lowest BCUT2D eigenvalue weighted by molar-refractivity contribution is -0.155. The number of benzene rings is 1. The Morgan fingerprint density at radius 3 is 2.62 bits per heavy atom. The molecule has 0 saturated heterocycles. The molecule has 1 N–H and O–H groups in total. The number of nitrogens with zero attached hydrogens (tertiary/aromatic N) is 2. The average Bonchev–Trinajstić information content (AvgIpc) is 3.40. The highest BCUT2D eigenvalue weighted by atomic mass is 16.6. The molecule has 7 heteroatoms. The van der Waals surface area contributed by atoms with Crippen molar-refractivity contribution in [1.29, 1.82) is 0 Å². The van der Waals surface area contributed by atoms with E-state index >= 15 is 0 Å². The number of aromatic amines is 1. The molecule has 0 aliphatic heterocycles. The molecule has 0 radical (unpaired) electrons. The SMILES string of the molecule is CC(C)Cc1cc(-c2onc([C@@H](CCCOCc3ccccc3)CC(=O)OC(C)(C)C)c2C2CC2)n[nH]1. The van der Waals surface area contributed by atoms with E-state index in [9.17, 15) is 4.79 Å². The maximum absolute atomic E-state index is 12.9. The summed E-state index contributed by atoms with van der Waals surface area (Å²) in [7, 11) is 0. The van der Waals surface area contributed by atoms with Gasteiger partial charge < -0.3 is 14.0 Å². The predicted octanol–water partition coefficient (Wildman–Crippen LogP) is 6.95. The van der Waals surface area contributed by atoms with E-state index in [4.69, 9.17) is 14.0 Å². The van der Waals surface area contributed by atoms with Crippen molar-refractivity contribution in [3.8, 4) is 11.5 Å². The summed E-state index contributed by atoms with van der Waals surface area (Å²) in [6, 6.07) is 12.2. The van der Waals surface area contributed by atoms with Crippen LogP contribution in [0.3, 0.4) is 0 Å². The van der Waals surface area contributed by atoms with E-state index in [1.54, 1.807) is 0 Å². The minimum Gasteiger partial charge on any atom is -0.460 e. The maximum Gasteiger partial charge on any atom is 0.306 e. The van der Waals surface area contributed by atoms with Crippen LogP contribution in [0.15, 0.2) is 40.9 Å². The highest BCUT2D eigenvalue weighted by Gasteiger charge is 2.37. The molecule has 2 heterocycles. The summed E-state index contributed by atoms with van der Waals surface area (Å²) >= 11 is 0. The fourth-order valence-corrected chi connectivity index (χ4v) is 4.69. The van der Waals surface area contributed by atoms with Gasteiger partial charge in [-0.25, -0.2) is 0 Å². The molecule has 0 bridgehead atoms. The summed E-state index contributed by atoms with van der Waals surface area (Å²) in [5, 5.41) is 12.2.